The van der Waals surface area contributed by atoms with Gasteiger partial charge in [0.05, 0.1) is 16.7 Å². The normalized spacial score (nSPS) is 10.7. The number of phenols is 2. The van der Waals surface area contributed by atoms with E-state index in [1.165, 1.54) is 18.2 Å². The highest BCUT2D eigenvalue weighted by atomic mass is 32.2. The van der Waals surface area contributed by atoms with Gasteiger partial charge in [0.1, 0.15) is 10.1 Å². The monoisotopic (exact) mass is 390 g/mol. The van der Waals surface area contributed by atoms with Crippen LogP contribution < -0.4 is 0 Å². The quantitative estimate of drug-likeness (QED) is 0.310. The standard InChI is InChI=1S/C12H10O2S.C7H8O3S/c13-10-7-4-8-11(12(10)14)15-9-5-2-1-3-6-9;1-6-2-4-7(5-3-6)11(8,9)10/h1-8,13-14H;2-5H,1H3,(H,8,9,10). The van der Waals surface area contributed by atoms with Crippen molar-refractivity contribution in [2.45, 2.75) is 21.6 Å². The summed E-state index contributed by atoms with van der Waals surface area (Å²) in [5.74, 6) is -0.112. The predicted molar refractivity (Wildman–Crippen MR) is 101 cm³/mol. The molecule has 26 heavy (non-hydrogen) atoms. The fourth-order valence-electron chi connectivity index (χ4n) is 1.96. The molecule has 0 aliphatic heterocycles. The lowest BCUT2D eigenvalue weighted by molar-refractivity contribution is 0.395. The fourth-order valence-corrected chi connectivity index (χ4v) is 3.41. The van der Waals surface area contributed by atoms with E-state index in [1.54, 1.807) is 24.3 Å². The lowest BCUT2D eigenvalue weighted by atomic mass is 10.2. The molecular weight excluding hydrogens is 372 g/mol. The van der Waals surface area contributed by atoms with E-state index >= 15 is 0 Å². The average molecular weight is 390 g/mol. The third-order valence-electron chi connectivity index (χ3n) is 3.31. The van der Waals surface area contributed by atoms with Gasteiger partial charge in [-0.2, -0.15) is 0 Å². The zero-order valence-electron chi connectivity index (χ0n) is 13.9. The molecule has 0 aliphatic carbocycles. The minimum atomic E-state index is -4.27. The molecule has 0 spiro atoms. The largest absolute Gasteiger partial charge is 0.744 e. The van der Waals surface area contributed by atoms with E-state index < -0.39 is 10.1 Å². The molecule has 0 saturated heterocycles. The minimum Gasteiger partial charge on any atom is -0.744 e. The SMILES string of the molecule is Cc1ccc(S(=O)(=O)[O-])cc1.Oc1cccc([SH+]c2ccccc2)c1O. The van der Waals surface area contributed by atoms with E-state index in [1.807, 2.05) is 37.3 Å². The molecule has 0 amide bonds. The molecule has 7 heteroatoms. The number of phenolic OH excluding ortho intramolecular Hbond substituents is 2. The van der Waals surface area contributed by atoms with Gasteiger partial charge >= 0.3 is 0 Å². The molecule has 3 rings (SSSR count). The topological polar surface area (TPSA) is 97.7 Å². The Bertz CT molecular complexity index is 953. The number of benzene rings is 3. The molecule has 0 unspecified atom stereocenters. The second kappa shape index (κ2) is 8.75. The van der Waals surface area contributed by atoms with E-state index in [-0.39, 0.29) is 16.4 Å². The number of thiol groups is 1. The Hall–Kier alpha value is -2.48. The van der Waals surface area contributed by atoms with E-state index in [4.69, 9.17) is 0 Å². The first kappa shape index (κ1) is 19.8. The van der Waals surface area contributed by atoms with Crippen molar-refractivity contribution in [2.75, 3.05) is 0 Å². The van der Waals surface area contributed by atoms with Crippen LogP contribution in [0.3, 0.4) is 0 Å². The highest BCUT2D eigenvalue weighted by Crippen LogP contribution is 2.31. The lowest BCUT2D eigenvalue weighted by Crippen LogP contribution is -1.97. The molecule has 0 aliphatic rings. The van der Waals surface area contributed by atoms with Gasteiger partial charge in [-0.25, -0.2) is 8.42 Å². The molecule has 0 bridgehead atoms. The average Bonchev–Trinajstić information content (AvgIpc) is 2.60. The van der Waals surface area contributed by atoms with Crippen LogP contribution in [0.15, 0.2) is 87.5 Å². The van der Waals surface area contributed by atoms with Gasteiger partial charge in [0.25, 0.3) is 0 Å². The smallest absolute Gasteiger partial charge is 0.214 e. The Kier molecular flexibility index (Phi) is 6.68. The third kappa shape index (κ3) is 5.80. The number of para-hydroxylation sites is 1. The molecule has 0 fully saturated rings. The minimum absolute atomic E-state index is 0.0389. The number of hydrogen-bond donors (Lipinski definition) is 2. The van der Waals surface area contributed by atoms with Crippen molar-refractivity contribution in [3.05, 3.63) is 78.4 Å². The summed E-state index contributed by atoms with van der Waals surface area (Å²) in [6.07, 6.45) is 0. The summed E-state index contributed by atoms with van der Waals surface area (Å²) in [6, 6.07) is 20.6. The van der Waals surface area contributed by atoms with Crippen LogP contribution in [0.4, 0.5) is 0 Å². The van der Waals surface area contributed by atoms with Crippen LogP contribution in [0.25, 0.3) is 0 Å². The van der Waals surface area contributed by atoms with Crippen LogP contribution in [0.1, 0.15) is 5.56 Å². The van der Waals surface area contributed by atoms with Crippen LogP contribution >= 0.6 is 0 Å². The summed E-state index contributed by atoms with van der Waals surface area (Å²) < 4.78 is 31.2. The van der Waals surface area contributed by atoms with Crippen LogP contribution in [-0.4, -0.2) is 23.2 Å². The van der Waals surface area contributed by atoms with Gasteiger partial charge in [-0.1, -0.05) is 42.0 Å². The molecule has 0 saturated carbocycles. The molecule has 0 aromatic heterocycles. The van der Waals surface area contributed by atoms with E-state index in [2.05, 4.69) is 0 Å². The van der Waals surface area contributed by atoms with Crippen molar-refractivity contribution in [1.82, 2.24) is 0 Å². The molecule has 0 atom stereocenters. The predicted octanol–water partition coefficient (Wildman–Crippen LogP) is 3.23. The number of hydrogen-bond acceptors (Lipinski definition) is 5. The maximum absolute atomic E-state index is 10.4. The summed E-state index contributed by atoms with van der Waals surface area (Å²) in [4.78, 5) is 1.61. The Balaban J connectivity index is 0.000000197. The Morgan fingerprint density at radius 1 is 0.846 bits per heavy atom. The van der Waals surface area contributed by atoms with Gasteiger partial charge in [-0.3, -0.25) is 0 Å². The Morgan fingerprint density at radius 2 is 1.46 bits per heavy atom. The summed E-state index contributed by atoms with van der Waals surface area (Å²) in [6.45, 7) is 1.82. The van der Waals surface area contributed by atoms with Crippen LogP contribution in [-0.2, 0) is 21.9 Å². The van der Waals surface area contributed by atoms with Crippen molar-refractivity contribution < 1.29 is 23.2 Å². The van der Waals surface area contributed by atoms with Crippen LogP contribution in [0.2, 0.25) is 0 Å². The summed E-state index contributed by atoms with van der Waals surface area (Å²) in [5.41, 5.74) is 0.928. The molecule has 0 heterocycles. The summed E-state index contributed by atoms with van der Waals surface area (Å²) >= 11 is 0.890. The van der Waals surface area contributed by atoms with Crippen LogP contribution in [0, 0.1) is 6.92 Å². The van der Waals surface area contributed by atoms with Gasteiger partial charge in [0.2, 0.25) is 10.6 Å². The second-order valence-corrected chi connectivity index (χ2v) is 7.96. The molecule has 0 radical (unpaired) electrons. The highest BCUT2D eigenvalue weighted by Gasteiger charge is 2.14. The maximum Gasteiger partial charge on any atom is 0.214 e. The lowest BCUT2D eigenvalue weighted by Gasteiger charge is -2.05. The molecule has 136 valence electrons. The number of aromatic hydroxyl groups is 2. The molecule has 3 aromatic carbocycles. The highest BCUT2D eigenvalue weighted by molar-refractivity contribution is 7.85. The van der Waals surface area contributed by atoms with E-state index in [9.17, 15) is 23.2 Å². The van der Waals surface area contributed by atoms with Crippen molar-refractivity contribution in [2.24, 2.45) is 0 Å². The molecular formula is C19H18O5S2. The number of rotatable bonds is 3. The van der Waals surface area contributed by atoms with Crippen molar-refractivity contribution >= 4 is 21.9 Å². The molecule has 5 nitrogen and oxygen atoms in total. The van der Waals surface area contributed by atoms with Gasteiger partial charge in [-0.15, -0.1) is 0 Å². The Morgan fingerprint density at radius 3 is 2.04 bits per heavy atom. The summed E-state index contributed by atoms with van der Waals surface area (Å²) in [5, 5.41) is 18.9. The van der Waals surface area contributed by atoms with Crippen molar-refractivity contribution in [3.63, 3.8) is 0 Å². The zero-order valence-corrected chi connectivity index (χ0v) is 15.6. The summed E-state index contributed by atoms with van der Waals surface area (Å²) in [7, 11) is -4.27. The van der Waals surface area contributed by atoms with Crippen LogP contribution in [0.5, 0.6) is 11.5 Å². The van der Waals surface area contributed by atoms with Gasteiger partial charge in [0, 0.05) is 0 Å². The number of aryl methyl sites for hydroxylation is 1. The van der Waals surface area contributed by atoms with E-state index in [0.717, 1.165) is 22.2 Å². The second-order valence-electron chi connectivity index (χ2n) is 5.36. The van der Waals surface area contributed by atoms with Crippen molar-refractivity contribution in [1.29, 1.82) is 0 Å². The Labute approximate surface area is 156 Å². The van der Waals surface area contributed by atoms with Crippen molar-refractivity contribution in [3.8, 4) is 11.5 Å². The first-order valence-corrected chi connectivity index (χ1v) is 9.88. The molecule has 2 N–H and O–H groups in total. The first-order valence-electron chi connectivity index (χ1n) is 7.57. The first-order chi connectivity index (χ1) is 12.3. The van der Waals surface area contributed by atoms with Gasteiger partial charge in [-0.05, 0) is 43.3 Å². The fraction of sp³-hybridized carbons (Fsp3) is 0.0526. The molecule has 3 aromatic rings. The zero-order chi connectivity index (χ0) is 19.2. The van der Waals surface area contributed by atoms with Gasteiger partial charge < -0.3 is 14.8 Å². The van der Waals surface area contributed by atoms with E-state index in [0.29, 0.717) is 4.90 Å². The third-order valence-corrected chi connectivity index (χ3v) is 5.32. The maximum atomic E-state index is 10.4. The van der Waals surface area contributed by atoms with Gasteiger partial charge in [0.15, 0.2) is 10.6 Å².